The van der Waals surface area contributed by atoms with Crippen LogP contribution in [0.15, 0.2) is 72.1 Å². The molecule has 0 fully saturated rings. The lowest BCUT2D eigenvalue weighted by molar-refractivity contribution is -0.133. The zero-order chi connectivity index (χ0) is 22.2. The molecule has 6 heteroatoms. The van der Waals surface area contributed by atoms with Crippen LogP contribution in [0, 0.1) is 11.7 Å². The van der Waals surface area contributed by atoms with E-state index in [-0.39, 0.29) is 30.1 Å². The lowest BCUT2D eigenvalue weighted by atomic mass is 10.1. The standard InChI is InChI=1S/C25H27FN2O2S/c1-19(2)15-28(25(30)21-7-4-3-5-8-21)18-24(29)27(17-23-9-6-14-31-23)16-20-10-12-22(26)13-11-20/h3-14,19H,15-18H2,1-2H3. The Morgan fingerprint density at radius 1 is 0.903 bits per heavy atom. The topological polar surface area (TPSA) is 40.6 Å². The highest BCUT2D eigenvalue weighted by atomic mass is 32.1. The van der Waals surface area contributed by atoms with Crippen molar-refractivity contribution in [3.8, 4) is 0 Å². The van der Waals surface area contributed by atoms with Gasteiger partial charge in [0.25, 0.3) is 5.91 Å². The maximum Gasteiger partial charge on any atom is 0.254 e. The minimum absolute atomic E-state index is 0.00151. The molecule has 162 valence electrons. The van der Waals surface area contributed by atoms with Gasteiger partial charge < -0.3 is 9.80 Å². The molecule has 0 atom stereocenters. The van der Waals surface area contributed by atoms with Crippen molar-refractivity contribution >= 4 is 23.2 Å². The fourth-order valence-electron chi connectivity index (χ4n) is 3.32. The first-order valence-electron chi connectivity index (χ1n) is 10.3. The Balaban J connectivity index is 1.79. The quantitative estimate of drug-likeness (QED) is 0.460. The fraction of sp³-hybridized carbons (Fsp3) is 0.280. The van der Waals surface area contributed by atoms with Gasteiger partial charge in [0, 0.05) is 23.5 Å². The van der Waals surface area contributed by atoms with Gasteiger partial charge in [-0.2, -0.15) is 0 Å². The van der Waals surface area contributed by atoms with Crippen molar-refractivity contribution in [2.45, 2.75) is 26.9 Å². The third-order valence-electron chi connectivity index (χ3n) is 4.79. The molecule has 3 rings (SSSR count). The van der Waals surface area contributed by atoms with Crippen LogP contribution in [0.2, 0.25) is 0 Å². The van der Waals surface area contributed by atoms with E-state index in [1.807, 2.05) is 49.6 Å². The first-order chi connectivity index (χ1) is 14.9. The van der Waals surface area contributed by atoms with Crippen LogP contribution in [0.5, 0.6) is 0 Å². The Morgan fingerprint density at radius 2 is 1.61 bits per heavy atom. The molecule has 0 saturated carbocycles. The molecule has 0 N–H and O–H groups in total. The number of amides is 2. The zero-order valence-electron chi connectivity index (χ0n) is 17.8. The summed E-state index contributed by atoms with van der Waals surface area (Å²) in [5.41, 5.74) is 1.41. The van der Waals surface area contributed by atoms with Gasteiger partial charge in [0.1, 0.15) is 12.4 Å². The fourth-order valence-corrected chi connectivity index (χ4v) is 4.04. The average Bonchev–Trinajstić information content (AvgIpc) is 3.27. The van der Waals surface area contributed by atoms with Crippen LogP contribution in [0.4, 0.5) is 4.39 Å². The molecule has 0 aliphatic rings. The summed E-state index contributed by atoms with van der Waals surface area (Å²) in [5.74, 6) is -0.372. The van der Waals surface area contributed by atoms with E-state index in [2.05, 4.69) is 0 Å². The predicted octanol–water partition coefficient (Wildman–Crippen LogP) is 5.21. The van der Waals surface area contributed by atoms with Crippen molar-refractivity contribution in [3.05, 3.63) is 93.9 Å². The van der Waals surface area contributed by atoms with Gasteiger partial charge in [-0.25, -0.2) is 4.39 Å². The summed E-state index contributed by atoms with van der Waals surface area (Å²) < 4.78 is 13.3. The summed E-state index contributed by atoms with van der Waals surface area (Å²) in [6, 6.07) is 19.1. The molecule has 0 bridgehead atoms. The summed E-state index contributed by atoms with van der Waals surface area (Å²) in [5, 5.41) is 1.97. The lowest BCUT2D eigenvalue weighted by Crippen LogP contribution is -2.43. The molecule has 0 aliphatic heterocycles. The van der Waals surface area contributed by atoms with Gasteiger partial charge in [0.05, 0.1) is 6.54 Å². The molecule has 2 amide bonds. The van der Waals surface area contributed by atoms with Crippen LogP contribution in [-0.2, 0) is 17.9 Å². The van der Waals surface area contributed by atoms with Gasteiger partial charge in [-0.15, -0.1) is 11.3 Å². The molecule has 0 spiro atoms. The largest absolute Gasteiger partial charge is 0.332 e. The zero-order valence-corrected chi connectivity index (χ0v) is 18.6. The number of halogens is 1. The van der Waals surface area contributed by atoms with Gasteiger partial charge in [-0.1, -0.05) is 50.2 Å². The van der Waals surface area contributed by atoms with E-state index in [1.165, 1.54) is 12.1 Å². The van der Waals surface area contributed by atoms with E-state index in [0.29, 0.717) is 25.2 Å². The van der Waals surface area contributed by atoms with Crippen molar-refractivity contribution in [1.29, 1.82) is 0 Å². The smallest absolute Gasteiger partial charge is 0.254 e. The number of thiophene rings is 1. The number of nitrogens with zero attached hydrogens (tertiary/aromatic N) is 2. The van der Waals surface area contributed by atoms with Crippen molar-refractivity contribution in [3.63, 3.8) is 0 Å². The minimum atomic E-state index is -0.309. The molecule has 4 nitrogen and oxygen atoms in total. The molecule has 1 heterocycles. The van der Waals surface area contributed by atoms with Crippen LogP contribution in [0.1, 0.15) is 34.6 Å². The monoisotopic (exact) mass is 438 g/mol. The summed E-state index contributed by atoms with van der Waals surface area (Å²) >= 11 is 1.58. The number of carbonyl (C=O) groups is 2. The second-order valence-corrected chi connectivity index (χ2v) is 8.93. The van der Waals surface area contributed by atoms with E-state index in [0.717, 1.165) is 10.4 Å². The molecular formula is C25H27FN2O2S. The number of carbonyl (C=O) groups excluding carboxylic acids is 2. The van der Waals surface area contributed by atoms with Crippen LogP contribution >= 0.6 is 11.3 Å². The van der Waals surface area contributed by atoms with Gasteiger partial charge in [0.15, 0.2) is 0 Å². The van der Waals surface area contributed by atoms with Gasteiger partial charge in [-0.05, 0) is 47.2 Å². The Labute approximate surface area is 186 Å². The number of hydrogen-bond acceptors (Lipinski definition) is 3. The van der Waals surface area contributed by atoms with E-state index in [1.54, 1.807) is 45.4 Å². The van der Waals surface area contributed by atoms with Gasteiger partial charge in [-0.3, -0.25) is 9.59 Å². The minimum Gasteiger partial charge on any atom is -0.332 e. The van der Waals surface area contributed by atoms with Crippen molar-refractivity contribution in [1.82, 2.24) is 9.80 Å². The van der Waals surface area contributed by atoms with E-state index < -0.39 is 0 Å². The SMILES string of the molecule is CC(C)CN(CC(=O)N(Cc1ccc(F)cc1)Cc1cccs1)C(=O)c1ccccc1. The highest BCUT2D eigenvalue weighted by Gasteiger charge is 2.23. The molecular weight excluding hydrogens is 411 g/mol. The maximum atomic E-state index is 13.3. The number of rotatable bonds is 9. The van der Waals surface area contributed by atoms with E-state index >= 15 is 0 Å². The van der Waals surface area contributed by atoms with Crippen LogP contribution in [0.3, 0.4) is 0 Å². The average molecular weight is 439 g/mol. The molecule has 0 aliphatic carbocycles. The number of benzene rings is 2. The van der Waals surface area contributed by atoms with Gasteiger partial charge in [0.2, 0.25) is 5.91 Å². The van der Waals surface area contributed by atoms with Crippen molar-refractivity contribution in [2.75, 3.05) is 13.1 Å². The molecule has 3 aromatic rings. The molecule has 2 aromatic carbocycles. The second kappa shape index (κ2) is 10.9. The second-order valence-electron chi connectivity index (χ2n) is 7.90. The Bertz CT molecular complexity index is 973. The predicted molar refractivity (Wildman–Crippen MR) is 122 cm³/mol. The Morgan fingerprint density at radius 3 is 2.23 bits per heavy atom. The van der Waals surface area contributed by atoms with Crippen molar-refractivity contribution < 1.29 is 14.0 Å². The first-order valence-corrected chi connectivity index (χ1v) is 11.2. The van der Waals surface area contributed by atoms with Crippen LogP contribution in [-0.4, -0.2) is 34.7 Å². The number of hydrogen-bond donors (Lipinski definition) is 0. The van der Waals surface area contributed by atoms with E-state index in [4.69, 9.17) is 0 Å². The summed E-state index contributed by atoms with van der Waals surface area (Å²) in [7, 11) is 0. The first kappa shape index (κ1) is 22.7. The summed E-state index contributed by atoms with van der Waals surface area (Å²) in [6.45, 7) is 5.34. The van der Waals surface area contributed by atoms with Crippen LogP contribution < -0.4 is 0 Å². The molecule has 0 unspecified atom stereocenters. The van der Waals surface area contributed by atoms with Gasteiger partial charge >= 0.3 is 0 Å². The molecule has 0 saturated heterocycles. The van der Waals surface area contributed by atoms with Crippen LogP contribution in [0.25, 0.3) is 0 Å². The summed E-state index contributed by atoms with van der Waals surface area (Å²) in [6.07, 6.45) is 0. The third kappa shape index (κ3) is 6.76. The normalized spacial score (nSPS) is 10.8. The molecule has 0 radical (unpaired) electrons. The maximum absolute atomic E-state index is 13.3. The highest BCUT2D eigenvalue weighted by molar-refractivity contribution is 7.09. The summed E-state index contributed by atoms with van der Waals surface area (Å²) in [4.78, 5) is 30.8. The molecule has 31 heavy (non-hydrogen) atoms. The molecule has 1 aromatic heterocycles. The Hall–Kier alpha value is -2.99. The third-order valence-corrected chi connectivity index (χ3v) is 5.65. The highest BCUT2D eigenvalue weighted by Crippen LogP contribution is 2.16. The van der Waals surface area contributed by atoms with E-state index in [9.17, 15) is 14.0 Å². The lowest BCUT2D eigenvalue weighted by Gasteiger charge is -2.29. The Kier molecular flexibility index (Phi) is 7.95. The van der Waals surface area contributed by atoms with Crippen molar-refractivity contribution in [2.24, 2.45) is 5.92 Å².